The van der Waals surface area contributed by atoms with Crippen LogP contribution in [-0.4, -0.2) is 49.4 Å². The van der Waals surface area contributed by atoms with E-state index in [-0.39, 0.29) is 11.5 Å². The van der Waals surface area contributed by atoms with Crippen LogP contribution in [-0.2, 0) is 9.47 Å². The van der Waals surface area contributed by atoms with Crippen LogP contribution in [0, 0.1) is 6.92 Å². The topological polar surface area (TPSA) is 115 Å². The molecular formula is C26H46N4O4. The molecule has 0 bridgehead atoms. The average Bonchev–Trinajstić information content (AvgIpc) is 2.66. The van der Waals surface area contributed by atoms with E-state index in [1.807, 2.05) is 39.8 Å². The third-order valence-electron chi connectivity index (χ3n) is 4.00. The van der Waals surface area contributed by atoms with E-state index < -0.39 is 11.7 Å². The van der Waals surface area contributed by atoms with Gasteiger partial charge in [0.15, 0.2) is 5.88 Å². The maximum absolute atomic E-state index is 12.2. The Balaban J connectivity index is 0.000000833. The van der Waals surface area contributed by atoms with Crippen LogP contribution in [0.3, 0.4) is 0 Å². The quantitative estimate of drug-likeness (QED) is 0.312. The smallest absolute Gasteiger partial charge is 0.407 e. The van der Waals surface area contributed by atoms with Crippen molar-refractivity contribution in [3.05, 3.63) is 47.4 Å². The summed E-state index contributed by atoms with van der Waals surface area (Å²) in [6.45, 7) is 23.2. The molecule has 34 heavy (non-hydrogen) atoms. The molecule has 0 aromatic heterocycles. The molecule has 0 unspecified atom stereocenters. The van der Waals surface area contributed by atoms with Crippen LogP contribution in [0.2, 0.25) is 0 Å². The van der Waals surface area contributed by atoms with Crippen LogP contribution in [0.25, 0.3) is 0 Å². The molecule has 0 aliphatic heterocycles. The number of amides is 2. The van der Waals surface area contributed by atoms with Gasteiger partial charge in [-0.1, -0.05) is 25.5 Å². The van der Waals surface area contributed by atoms with Gasteiger partial charge < -0.3 is 31.2 Å². The highest BCUT2D eigenvalue weighted by atomic mass is 16.6. The number of benzene rings is 1. The van der Waals surface area contributed by atoms with Crippen LogP contribution in [0.5, 0.6) is 0 Å². The molecule has 2 amide bonds. The van der Waals surface area contributed by atoms with Crippen molar-refractivity contribution in [2.24, 2.45) is 5.73 Å². The van der Waals surface area contributed by atoms with Crippen LogP contribution >= 0.6 is 0 Å². The lowest BCUT2D eigenvalue weighted by Gasteiger charge is -2.23. The molecule has 0 spiro atoms. The normalized spacial score (nSPS) is 11.1. The van der Waals surface area contributed by atoms with Crippen LogP contribution in [0.4, 0.5) is 4.79 Å². The highest BCUT2D eigenvalue weighted by Gasteiger charge is 2.16. The summed E-state index contributed by atoms with van der Waals surface area (Å²) in [4.78, 5) is 23.7. The zero-order valence-corrected chi connectivity index (χ0v) is 22.6. The Morgan fingerprint density at radius 3 is 1.97 bits per heavy atom. The second kappa shape index (κ2) is 14.5. The predicted octanol–water partition coefficient (Wildman–Crippen LogP) is 4.19. The van der Waals surface area contributed by atoms with Gasteiger partial charge in [0.05, 0.1) is 0 Å². The van der Waals surface area contributed by atoms with Gasteiger partial charge in [-0.3, -0.25) is 4.79 Å². The van der Waals surface area contributed by atoms with E-state index in [2.05, 4.69) is 42.4 Å². The standard InChI is InChI=1S/C18H28N2O3.C8H18N2O/c1-12(2)14-9-13(3)10-15(11-14)16(21)19-7-8-20-17(22)23-18(4,5)6;1-7(10-6-5-9)11-8(2,3)4/h9-12H,7-8H2,1-6H3,(H,19,21)(H,20,22);10H,1,5-6,9H2,2-4H3. The lowest BCUT2D eigenvalue weighted by Crippen LogP contribution is -2.37. The number of hydrogen-bond donors (Lipinski definition) is 4. The molecule has 8 heteroatoms. The second-order valence-electron chi connectivity index (χ2n) is 10.3. The number of alkyl carbamates (subject to hydrolysis) is 1. The number of nitrogens with one attached hydrogen (secondary N) is 3. The van der Waals surface area contributed by atoms with E-state index in [0.29, 0.717) is 43.5 Å². The summed E-state index contributed by atoms with van der Waals surface area (Å²) in [5, 5.41) is 8.36. The van der Waals surface area contributed by atoms with Crippen LogP contribution in [0.1, 0.15) is 82.8 Å². The van der Waals surface area contributed by atoms with E-state index in [1.165, 1.54) is 0 Å². The number of carbonyl (C=O) groups is 2. The third kappa shape index (κ3) is 16.0. The molecule has 0 aliphatic rings. The SMILES string of the molecule is C=C(NCCN)OC(C)(C)C.Cc1cc(C(=O)NCCNC(=O)OC(C)(C)C)cc(C(C)C)c1. The van der Waals surface area contributed by atoms with Gasteiger partial charge in [-0.05, 0) is 78.7 Å². The summed E-state index contributed by atoms with van der Waals surface area (Å²) < 4.78 is 10.5. The minimum Gasteiger partial charge on any atom is -0.474 e. The molecule has 0 atom stereocenters. The van der Waals surface area contributed by atoms with Gasteiger partial charge in [0.2, 0.25) is 0 Å². The molecule has 0 fully saturated rings. The van der Waals surface area contributed by atoms with Gasteiger partial charge in [0, 0.05) is 31.7 Å². The Bertz CT molecular complexity index is 793. The minimum absolute atomic E-state index is 0.137. The first-order valence-corrected chi connectivity index (χ1v) is 11.7. The molecule has 1 aromatic carbocycles. The van der Waals surface area contributed by atoms with Crippen molar-refractivity contribution < 1.29 is 19.1 Å². The monoisotopic (exact) mass is 478 g/mol. The van der Waals surface area contributed by atoms with Crippen LogP contribution in [0.15, 0.2) is 30.7 Å². The van der Waals surface area contributed by atoms with Gasteiger partial charge in [-0.15, -0.1) is 0 Å². The predicted molar refractivity (Wildman–Crippen MR) is 139 cm³/mol. The van der Waals surface area contributed by atoms with Crippen molar-refractivity contribution in [3.63, 3.8) is 0 Å². The molecule has 0 saturated heterocycles. The number of rotatable bonds is 9. The van der Waals surface area contributed by atoms with Crippen molar-refractivity contribution in [3.8, 4) is 0 Å². The highest BCUT2D eigenvalue weighted by molar-refractivity contribution is 5.94. The fourth-order valence-corrected chi connectivity index (χ4v) is 2.65. The molecule has 194 valence electrons. The first-order valence-electron chi connectivity index (χ1n) is 11.7. The zero-order chi connectivity index (χ0) is 26.5. The zero-order valence-electron chi connectivity index (χ0n) is 22.6. The number of hydrogen-bond acceptors (Lipinski definition) is 6. The summed E-state index contributed by atoms with van der Waals surface area (Å²) in [5.74, 6) is 0.819. The van der Waals surface area contributed by atoms with Gasteiger partial charge >= 0.3 is 6.09 Å². The summed E-state index contributed by atoms with van der Waals surface area (Å²) in [6, 6.07) is 5.86. The summed E-state index contributed by atoms with van der Waals surface area (Å²) >= 11 is 0. The molecule has 0 aliphatic carbocycles. The van der Waals surface area contributed by atoms with Crippen molar-refractivity contribution in [2.75, 3.05) is 26.2 Å². The van der Waals surface area contributed by atoms with Gasteiger partial charge in [0.1, 0.15) is 11.2 Å². The molecule has 8 nitrogen and oxygen atoms in total. The Hall–Kier alpha value is -2.74. The molecule has 0 saturated carbocycles. The molecule has 5 N–H and O–H groups in total. The van der Waals surface area contributed by atoms with E-state index in [4.69, 9.17) is 15.2 Å². The Kier molecular flexibility index (Phi) is 13.3. The third-order valence-corrected chi connectivity index (χ3v) is 4.00. The van der Waals surface area contributed by atoms with Crippen molar-refractivity contribution in [1.29, 1.82) is 0 Å². The minimum atomic E-state index is -0.526. The number of carbonyl (C=O) groups excluding carboxylic acids is 2. The van der Waals surface area contributed by atoms with Crippen LogP contribution < -0.4 is 21.7 Å². The second-order valence-corrected chi connectivity index (χ2v) is 10.3. The fraction of sp³-hybridized carbons (Fsp3) is 0.615. The maximum Gasteiger partial charge on any atom is 0.407 e. The summed E-state index contributed by atoms with van der Waals surface area (Å²) in [5.41, 5.74) is 7.42. The first-order chi connectivity index (χ1) is 15.5. The Morgan fingerprint density at radius 1 is 0.912 bits per heavy atom. The number of aryl methyl sites for hydroxylation is 1. The fourth-order valence-electron chi connectivity index (χ4n) is 2.65. The van der Waals surface area contributed by atoms with Crippen molar-refractivity contribution in [2.45, 2.75) is 79.4 Å². The lowest BCUT2D eigenvalue weighted by atomic mass is 9.98. The van der Waals surface area contributed by atoms with E-state index in [9.17, 15) is 9.59 Å². The molecular weight excluding hydrogens is 432 g/mol. The summed E-state index contributed by atoms with van der Waals surface area (Å²) in [7, 11) is 0. The highest BCUT2D eigenvalue weighted by Crippen LogP contribution is 2.18. The Morgan fingerprint density at radius 2 is 1.47 bits per heavy atom. The van der Waals surface area contributed by atoms with Crippen molar-refractivity contribution in [1.82, 2.24) is 16.0 Å². The van der Waals surface area contributed by atoms with Gasteiger partial charge in [0.25, 0.3) is 5.91 Å². The lowest BCUT2D eigenvalue weighted by molar-refractivity contribution is 0.0418. The van der Waals surface area contributed by atoms with E-state index >= 15 is 0 Å². The summed E-state index contributed by atoms with van der Waals surface area (Å²) in [6.07, 6.45) is -0.482. The van der Waals surface area contributed by atoms with Gasteiger partial charge in [-0.2, -0.15) is 0 Å². The van der Waals surface area contributed by atoms with E-state index in [1.54, 1.807) is 20.8 Å². The Labute approximate surface area is 206 Å². The molecule has 0 radical (unpaired) electrons. The largest absolute Gasteiger partial charge is 0.474 e. The molecule has 1 aromatic rings. The molecule has 0 heterocycles. The average molecular weight is 479 g/mol. The van der Waals surface area contributed by atoms with Gasteiger partial charge in [-0.25, -0.2) is 4.79 Å². The molecule has 1 rings (SSSR count). The van der Waals surface area contributed by atoms with E-state index in [0.717, 1.165) is 11.1 Å². The number of nitrogens with two attached hydrogens (primary N) is 1. The number of ether oxygens (including phenoxy) is 2. The maximum atomic E-state index is 12.2. The first kappa shape index (κ1) is 31.3. The van der Waals surface area contributed by atoms with Crippen molar-refractivity contribution >= 4 is 12.0 Å².